The molecule has 0 radical (unpaired) electrons. The van der Waals surface area contributed by atoms with E-state index in [0.29, 0.717) is 12.6 Å². The lowest BCUT2D eigenvalue weighted by Crippen LogP contribution is -2.49. The molecule has 3 rings (SSSR count). The number of nitrogens with one attached hydrogen (secondary N) is 1. The minimum Gasteiger partial charge on any atom is -0.339 e. The van der Waals surface area contributed by atoms with Gasteiger partial charge in [0.2, 0.25) is 5.91 Å². The number of hydrogen-bond acceptors (Lipinski definition) is 4. The van der Waals surface area contributed by atoms with Crippen LogP contribution in [0.3, 0.4) is 0 Å². The van der Waals surface area contributed by atoms with Gasteiger partial charge in [0.15, 0.2) is 0 Å². The van der Waals surface area contributed by atoms with E-state index in [1.807, 2.05) is 11.1 Å². The van der Waals surface area contributed by atoms with E-state index >= 15 is 0 Å². The van der Waals surface area contributed by atoms with Crippen LogP contribution in [0.1, 0.15) is 6.42 Å². The molecule has 1 amide bonds. The maximum absolute atomic E-state index is 12.3. The van der Waals surface area contributed by atoms with Crippen LogP contribution in [0.4, 0.5) is 0 Å². The molecule has 0 aromatic carbocycles. The van der Waals surface area contributed by atoms with Crippen LogP contribution < -0.4 is 5.32 Å². The molecule has 1 atom stereocenters. The van der Waals surface area contributed by atoms with Crippen LogP contribution in [-0.2, 0) is 11.3 Å². The number of aromatic nitrogens is 2. The Morgan fingerprint density at radius 3 is 2.81 bits per heavy atom. The minimum atomic E-state index is 0. The third-order valence-corrected chi connectivity index (χ3v) is 4.49. The summed E-state index contributed by atoms with van der Waals surface area (Å²) in [5.74, 6) is 0.165. The van der Waals surface area contributed by atoms with Gasteiger partial charge in [-0.15, -0.1) is 12.4 Å². The standard InChI is InChI=1S/C13H20BrN5O.ClH/c14-11-7-16-19(8-11)10-13(20)18-4-1-12(9-18)17-5-2-15-3-6-17;/h7-8,12,15H,1-6,9-10H2;1H. The summed E-state index contributed by atoms with van der Waals surface area (Å²) >= 11 is 3.35. The second kappa shape index (κ2) is 7.58. The molecule has 1 N–H and O–H groups in total. The second-order valence-electron chi connectivity index (χ2n) is 5.42. The molecule has 0 bridgehead atoms. The average molecular weight is 379 g/mol. The van der Waals surface area contributed by atoms with Crippen LogP contribution in [0.5, 0.6) is 0 Å². The summed E-state index contributed by atoms with van der Waals surface area (Å²) in [5, 5.41) is 7.51. The van der Waals surface area contributed by atoms with Gasteiger partial charge in [0.05, 0.1) is 10.7 Å². The Kier molecular flexibility index (Phi) is 6.04. The quantitative estimate of drug-likeness (QED) is 0.836. The molecule has 2 aliphatic rings. The maximum Gasteiger partial charge on any atom is 0.244 e. The fourth-order valence-corrected chi connectivity index (χ4v) is 3.30. The molecular formula is C13H21BrClN5O. The zero-order valence-corrected chi connectivity index (χ0v) is 14.3. The highest BCUT2D eigenvalue weighted by Gasteiger charge is 2.30. The molecule has 0 saturated carbocycles. The molecule has 2 saturated heterocycles. The van der Waals surface area contributed by atoms with Gasteiger partial charge in [-0.25, -0.2) is 0 Å². The van der Waals surface area contributed by atoms with Crippen molar-refractivity contribution in [1.29, 1.82) is 0 Å². The number of halogens is 2. The Morgan fingerprint density at radius 2 is 2.14 bits per heavy atom. The van der Waals surface area contributed by atoms with Crippen LogP contribution in [0.15, 0.2) is 16.9 Å². The number of nitrogens with zero attached hydrogens (tertiary/aromatic N) is 4. The Hall–Kier alpha value is -0.630. The van der Waals surface area contributed by atoms with Gasteiger partial charge in [-0.05, 0) is 22.4 Å². The summed E-state index contributed by atoms with van der Waals surface area (Å²) in [6, 6.07) is 0.533. The number of rotatable bonds is 3. The molecule has 8 heteroatoms. The lowest BCUT2D eigenvalue weighted by atomic mass is 10.2. The SMILES string of the molecule is Cl.O=C(Cn1cc(Br)cn1)N1CCC(N2CCNCC2)C1. The molecule has 1 aromatic heterocycles. The predicted octanol–water partition coefficient (Wildman–Crippen LogP) is 0.573. The topological polar surface area (TPSA) is 53.4 Å². The number of hydrogen-bond donors (Lipinski definition) is 1. The van der Waals surface area contributed by atoms with Gasteiger partial charge >= 0.3 is 0 Å². The molecule has 21 heavy (non-hydrogen) atoms. The largest absolute Gasteiger partial charge is 0.339 e. The van der Waals surface area contributed by atoms with Crippen LogP contribution in [0.2, 0.25) is 0 Å². The highest BCUT2D eigenvalue weighted by Crippen LogP contribution is 2.17. The lowest BCUT2D eigenvalue weighted by Gasteiger charge is -2.32. The number of carbonyl (C=O) groups is 1. The summed E-state index contributed by atoms with van der Waals surface area (Å²) in [6.07, 6.45) is 4.64. The van der Waals surface area contributed by atoms with Gasteiger partial charge in [0.1, 0.15) is 6.54 Å². The lowest BCUT2D eigenvalue weighted by molar-refractivity contribution is -0.131. The van der Waals surface area contributed by atoms with Gasteiger partial charge in [0.25, 0.3) is 0 Å². The fraction of sp³-hybridized carbons (Fsp3) is 0.692. The number of amides is 1. The van der Waals surface area contributed by atoms with Crippen molar-refractivity contribution >= 4 is 34.2 Å². The number of carbonyl (C=O) groups excluding carboxylic acids is 1. The predicted molar refractivity (Wildman–Crippen MR) is 86.6 cm³/mol. The van der Waals surface area contributed by atoms with Crippen molar-refractivity contribution in [2.24, 2.45) is 0 Å². The first-order valence-electron chi connectivity index (χ1n) is 7.13. The molecule has 1 unspecified atom stereocenters. The molecule has 0 spiro atoms. The van der Waals surface area contributed by atoms with E-state index in [4.69, 9.17) is 0 Å². The number of piperazine rings is 1. The molecule has 3 heterocycles. The van der Waals surface area contributed by atoms with Gasteiger partial charge in [0, 0.05) is 51.5 Å². The normalized spacial score (nSPS) is 23.1. The summed E-state index contributed by atoms with van der Waals surface area (Å²) in [6.45, 7) is 6.38. The minimum absolute atomic E-state index is 0. The molecule has 2 fully saturated rings. The summed E-state index contributed by atoms with van der Waals surface area (Å²) in [7, 11) is 0. The summed E-state index contributed by atoms with van der Waals surface area (Å²) < 4.78 is 2.59. The molecule has 1 aromatic rings. The van der Waals surface area contributed by atoms with Gasteiger partial charge in [-0.3, -0.25) is 14.4 Å². The second-order valence-corrected chi connectivity index (χ2v) is 6.34. The zero-order valence-electron chi connectivity index (χ0n) is 11.9. The Labute approximate surface area is 139 Å². The fourth-order valence-electron chi connectivity index (χ4n) is 2.98. The molecule has 2 aliphatic heterocycles. The van der Waals surface area contributed by atoms with E-state index in [-0.39, 0.29) is 18.3 Å². The van der Waals surface area contributed by atoms with Crippen LogP contribution >= 0.6 is 28.3 Å². The van der Waals surface area contributed by atoms with Gasteiger partial charge in [-0.2, -0.15) is 5.10 Å². The Morgan fingerprint density at radius 1 is 1.38 bits per heavy atom. The Balaban J connectivity index is 0.00000161. The highest BCUT2D eigenvalue weighted by atomic mass is 79.9. The Bertz CT molecular complexity index is 477. The first-order chi connectivity index (χ1) is 9.72. The molecular weight excluding hydrogens is 358 g/mol. The van der Waals surface area contributed by atoms with Crippen molar-refractivity contribution in [3.8, 4) is 0 Å². The van der Waals surface area contributed by atoms with Crippen molar-refractivity contribution in [3.05, 3.63) is 16.9 Å². The van der Waals surface area contributed by atoms with Crippen LogP contribution in [-0.4, -0.2) is 70.8 Å². The monoisotopic (exact) mass is 377 g/mol. The average Bonchev–Trinajstić information content (AvgIpc) is 3.09. The molecule has 118 valence electrons. The van der Waals surface area contributed by atoms with Crippen molar-refractivity contribution < 1.29 is 4.79 Å². The van der Waals surface area contributed by atoms with E-state index in [0.717, 1.165) is 50.2 Å². The van der Waals surface area contributed by atoms with Crippen molar-refractivity contribution in [2.45, 2.75) is 19.0 Å². The van der Waals surface area contributed by atoms with Gasteiger partial charge in [-0.1, -0.05) is 0 Å². The first kappa shape index (κ1) is 16.7. The number of likely N-dealkylation sites (tertiary alicyclic amines) is 1. The summed E-state index contributed by atoms with van der Waals surface area (Å²) in [5.41, 5.74) is 0. The van der Waals surface area contributed by atoms with Crippen molar-refractivity contribution in [2.75, 3.05) is 39.3 Å². The summed E-state index contributed by atoms with van der Waals surface area (Å²) in [4.78, 5) is 16.8. The van der Waals surface area contributed by atoms with E-state index < -0.39 is 0 Å². The first-order valence-corrected chi connectivity index (χ1v) is 7.92. The van der Waals surface area contributed by atoms with Crippen LogP contribution in [0.25, 0.3) is 0 Å². The third-order valence-electron chi connectivity index (χ3n) is 4.08. The zero-order chi connectivity index (χ0) is 13.9. The maximum atomic E-state index is 12.3. The van der Waals surface area contributed by atoms with E-state index in [1.165, 1.54) is 0 Å². The van der Waals surface area contributed by atoms with E-state index in [1.54, 1.807) is 10.9 Å². The van der Waals surface area contributed by atoms with Crippen molar-refractivity contribution in [1.82, 2.24) is 24.9 Å². The molecule has 6 nitrogen and oxygen atoms in total. The van der Waals surface area contributed by atoms with E-state index in [9.17, 15) is 4.79 Å². The smallest absolute Gasteiger partial charge is 0.244 e. The van der Waals surface area contributed by atoms with Gasteiger partial charge < -0.3 is 10.2 Å². The highest BCUT2D eigenvalue weighted by molar-refractivity contribution is 9.10. The molecule has 0 aliphatic carbocycles. The van der Waals surface area contributed by atoms with E-state index in [2.05, 4.69) is 31.2 Å². The van der Waals surface area contributed by atoms with Crippen LogP contribution in [0, 0.1) is 0 Å². The van der Waals surface area contributed by atoms with Crippen molar-refractivity contribution in [3.63, 3.8) is 0 Å². The third kappa shape index (κ3) is 4.18.